The van der Waals surface area contributed by atoms with Gasteiger partial charge in [0, 0.05) is 88.5 Å². The molecule has 7 aromatic rings. The predicted octanol–water partition coefficient (Wildman–Crippen LogP) is 5.48. The van der Waals surface area contributed by atoms with Gasteiger partial charge < -0.3 is 20.9 Å². The van der Waals surface area contributed by atoms with Crippen molar-refractivity contribution in [2.24, 2.45) is 7.05 Å². The third-order valence-electron chi connectivity index (χ3n) is 12.6. The number of hydrogen-bond acceptors (Lipinski definition) is 11. The molecule has 0 bridgehead atoms. The van der Waals surface area contributed by atoms with Gasteiger partial charge in [0.05, 0.1) is 28.6 Å². The molecule has 63 heavy (non-hydrogen) atoms. The number of benzene rings is 3. The summed E-state index contributed by atoms with van der Waals surface area (Å²) in [6.07, 6.45) is 7.17. The smallest absolute Gasteiger partial charge is 0.329 e. The Labute approximate surface area is 362 Å². The van der Waals surface area contributed by atoms with Crippen molar-refractivity contribution < 1.29 is 14.4 Å². The number of imide groups is 1. The number of nitrogens with one attached hydrogen (secondary N) is 4. The number of rotatable bonds is 11. The quantitative estimate of drug-likeness (QED) is 0.121. The van der Waals surface area contributed by atoms with E-state index < -0.39 is 11.9 Å². The molecule has 4 N–H and O–H groups in total. The van der Waals surface area contributed by atoms with Crippen LogP contribution in [0, 0.1) is 0 Å². The fourth-order valence-electron chi connectivity index (χ4n) is 8.83. The SMILES string of the molecule is CNc1cc(Nc2cccc(-c3ccc(CN4CCN(c5ccc(-c6ccc7c(c6)n(C)c(=O)n7C6CCC(=O)NC6=O)cc5)CC4)cn3)c2)nn2c(C(=O)NC3CCC3)cnc12. The third kappa shape index (κ3) is 7.77. The van der Waals surface area contributed by atoms with Gasteiger partial charge in [0.25, 0.3) is 5.91 Å². The van der Waals surface area contributed by atoms with Crippen molar-refractivity contribution in [2.45, 2.75) is 50.7 Å². The summed E-state index contributed by atoms with van der Waals surface area (Å²) in [6, 6.07) is 28.0. The van der Waals surface area contributed by atoms with Crippen LogP contribution in [-0.2, 0) is 23.2 Å². The van der Waals surface area contributed by atoms with E-state index in [0.29, 0.717) is 29.1 Å². The summed E-state index contributed by atoms with van der Waals surface area (Å²) in [5.41, 5.74) is 9.87. The van der Waals surface area contributed by atoms with Crippen LogP contribution in [0.2, 0.25) is 0 Å². The van der Waals surface area contributed by atoms with Crippen molar-refractivity contribution in [3.05, 3.63) is 119 Å². The first-order valence-electron chi connectivity index (χ1n) is 21.5. The molecule has 0 spiro atoms. The maximum atomic E-state index is 13.2. The Bertz CT molecular complexity index is 2940. The molecule has 16 nitrogen and oxygen atoms in total. The third-order valence-corrected chi connectivity index (χ3v) is 12.6. The minimum Gasteiger partial charge on any atom is -0.385 e. The Morgan fingerprint density at radius 2 is 1.63 bits per heavy atom. The predicted molar refractivity (Wildman–Crippen MR) is 242 cm³/mol. The number of piperazine rings is 1. The standard InChI is InChI=1S/C47H48N12O4/c1-48-37-25-42(54-59-41(27-50-44(37)59)46(62)52-33-6-4-7-33)51-34-8-3-5-32(23-34)36-15-9-29(26-49-36)28-56-19-21-57(22-20-56)35-13-10-30(11-14-35)31-12-16-38-40(24-31)55(2)47(63)58(38)39-17-18-43(60)53-45(39)61/h3,5,8-16,23-27,33,39,48H,4,6-7,17-22,28H2,1-2H3,(H,51,54)(H,52,62)(H,53,60,61). The fraction of sp³-hybridized carbons (Fsp3) is 0.298. The number of anilines is 4. The molecule has 320 valence electrons. The summed E-state index contributed by atoms with van der Waals surface area (Å²) >= 11 is 0. The van der Waals surface area contributed by atoms with Crippen molar-refractivity contribution in [2.75, 3.05) is 48.8 Å². The van der Waals surface area contributed by atoms with Crippen LogP contribution in [0.4, 0.5) is 22.9 Å². The molecule has 3 aromatic carbocycles. The number of amides is 3. The van der Waals surface area contributed by atoms with Gasteiger partial charge in [-0.05, 0) is 84.8 Å². The number of pyridine rings is 1. The minimum atomic E-state index is -0.711. The van der Waals surface area contributed by atoms with Crippen LogP contribution in [0.5, 0.6) is 0 Å². The largest absolute Gasteiger partial charge is 0.385 e. The number of carbonyl (C=O) groups excluding carboxylic acids is 3. The van der Waals surface area contributed by atoms with Crippen molar-refractivity contribution in [1.82, 2.24) is 44.2 Å². The van der Waals surface area contributed by atoms with Gasteiger partial charge >= 0.3 is 5.69 Å². The van der Waals surface area contributed by atoms with Crippen molar-refractivity contribution in [3.8, 4) is 22.4 Å². The molecule has 2 aliphatic heterocycles. The van der Waals surface area contributed by atoms with Gasteiger partial charge in [0.1, 0.15) is 6.04 Å². The average Bonchev–Trinajstić information content (AvgIpc) is 3.83. The van der Waals surface area contributed by atoms with Gasteiger partial charge in [-0.3, -0.25) is 38.7 Å². The number of piperidine rings is 1. The molecule has 16 heteroatoms. The maximum absolute atomic E-state index is 13.2. The van der Waals surface area contributed by atoms with Crippen LogP contribution in [0.15, 0.2) is 102 Å². The molecular weight excluding hydrogens is 797 g/mol. The van der Waals surface area contributed by atoms with E-state index in [0.717, 1.165) is 103 Å². The normalized spacial score (nSPS) is 17.2. The minimum absolute atomic E-state index is 0.173. The molecule has 0 radical (unpaired) electrons. The molecule has 4 aromatic heterocycles. The lowest BCUT2D eigenvalue weighted by Crippen LogP contribution is -2.45. The number of nitrogens with zero attached hydrogens (tertiary/aromatic N) is 8. The molecule has 3 fully saturated rings. The molecular formula is C47H48N12O4. The number of carbonyl (C=O) groups is 3. The molecule has 3 aliphatic rings. The van der Waals surface area contributed by atoms with Gasteiger partial charge in [0.15, 0.2) is 17.2 Å². The van der Waals surface area contributed by atoms with Gasteiger partial charge in [-0.15, -0.1) is 5.10 Å². The molecule has 1 aliphatic carbocycles. The highest BCUT2D eigenvalue weighted by atomic mass is 16.2. The average molecular weight is 845 g/mol. The second-order valence-corrected chi connectivity index (χ2v) is 16.6. The monoisotopic (exact) mass is 844 g/mol. The van der Waals surface area contributed by atoms with Crippen molar-refractivity contribution in [1.29, 1.82) is 0 Å². The summed E-state index contributed by atoms with van der Waals surface area (Å²) in [7, 11) is 3.54. The Morgan fingerprint density at radius 1 is 0.825 bits per heavy atom. The number of hydrogen-bond donors (Lipinski definition) is 4. The fourth-order valence-corrected chi connectivity index (χ4v) is 8.83. The topological polar surface area (TPSA) is 176 Å². The van der Waals surface area contributed by atoms with Crippen LogP contribution in [-0.4, -0.2) is 90.6 Å². The van der Waals surface area contributed by atoms with E-state index in [-0.39, 0.29) is 30.0 Å². The van der Waals surface area contributed by atoms with E-state index in [1.165, 1.54) is 4.57 Å². The number of aryl methyl sites for hydroxylation is 1. The summed E-state index contributed by atoms with van der Waals surface area (Å²) in [6.45, 7) is 4.47. The van der Waals surface area contributed by atoms with E-state index in [2.05, 4.69) is 72.4 Å². The Hall–Kier alpha value is -7.33. The van der Waals surface area contributed by atoms with E-state index in [4.69, 9.17) is 10.1 Å². The Morgan fingerprint density at radius 3 is 2.37 bits per heavy atom. The first-order chi connectivity index (χ1) is 30.7. The first-order valence-corrected chi connectivity index (χ1v) is 21.5. The van der Waals surface area contributed by atoms with Crippen LogP contribution in [0.3, 0.4) is 0 Å². The second-order valence-electron chi connectivity index (χ2n) is 16.6. The zero-order valence-electron chi connectivity index (χ0n) is 35.2. The summed E-state index contributed by atoms with van der Waals surface area (Å²) in [5.74, 6) is -0.345. The summed E-state index contributed by atoms with van der Waals surface area (Å²) < 4.78 is 4.67. The van der Waals surface area contributed by atoms with Crippen LogP contribution >= 0.6 is 0 Å². The number of imidazole rings is 2. The molecule has 1 unspecified atom stereocenters. The van der Waals surface area contributed by atoms with E-state index in [1.807, 2.05) is 61.8 Å². The number of aromatic nitrogens is 6. The molecule has 3 amide bonds. The maximum Gasteiger partial charge on any atom is 0.329 e. The lowest BCUT2D eigenvalue weighted by atomic mass is 9.93. The van der Waals surface area contributed by atoms with Gasteiger partial charge in [-0.25, -0.2) is 14.3 Å². The Balaban J connectivity index is 0.754. The highest BCUT2D eigenvalue weighted by Crippen LogP contribution is 2.30. The molecule has 6 heterocycles. The van der Waals surface area contributed by atoms with Gasteiger partial charge in [-0.2, -0.15) is 0 Å². The van der Waals surface area contributed by atoms with E-state index in [9.17, 15) is 19.2 Å². The molecule has 1 saturated carbocycles. The van der Waals surface area contributed by atoms with Crippen LogP contribution in [0.25, 0.3) is 39.1 Å². The van der Waals surface area contributed by atoms with Gasteiger partial charge in [0.2, 0.25) is 11.8 Å². The number of fused-ring (bicyclic) bond motifs is 2. The molecule has 10 rings (SSSR count). The molecule has 1 atom stereocenters. The summed E-state index contributed by atoms with van der Waals surface area (Å²) in [5, 5.41) is 16.8. The van der Waals surface area contributed by atoms with Gasteiger partial charge in [-0.1, -0.05) is 36.4 Å². The van der Waals surface area contributed by atoms with E-state index in [1.54, 1.807) is 22.3 Å². The van der Waals surface area contributed by atoms with Crippen LogP contribution in [0.1, 0.15) is 54.2 Å². The van der Waals surface area contributed by atoms with E-state index >= 15 is 0 Å². The lowest BCUT2D eigenvalue weighted by Gasteiger charge is -2.36. The first kappa shape index (κ1) is 39.8. The highest BCUT2D eigenvalue weighted by Gasteiger charge is 2.31. The molecule has 2 saturated heterocycles. The van der Waals surface area contributed by atoms with Crippen LogP contribution < -0.4 is 31.9 Å². The summed E-state index contributed by atoms with van der Waals surface area (Å²) in [4.78, 5) is 64.8. The second kappa shape index (κ2) is 16.5. The van der Waals surface area contributed by atoms with Crippen molar-refractivity contribution >= 4 is 57.3 Å². The highest BCUT2D eigenvalue weighted by molar-refractivity contribution is 6.00. The van der Waals surface area contributed by atoms with Crippen molar-refractivity contribution in [3.63, 3.8) is 0 Å². The zero-order chi connectivity index (χ0) is 43.2. The Kier molecular flexibility index (Phi) is 10.4. The zero-order valence-corrected chi connectivity index (χ0v) is 35.2. The lowest BCUT2D eigenvalue weighted by molar-refractivity contribution is -0.135.